The number of nitrogens with zero attached hydrogens (tertiary/aromatic N) is 1. The van der Waals surface area contributed by atoms with E-state index in [0.29, 0.717) is 29.0 Å². The van der Waals surface area contributed by atoms with Gasteiger partial charge in [0.1, 0.15) is 23.0 Å². The second-order valence-electron chi connectivity index (χ2n) is 8.94. The summed E-state index contributed by atoms with van der Waals surface area (Å²) in [6.07, 6.45) is 2.38. The molecule has 38 heavy (non-hydrogen) atoms. The standard InChI is InChI=1S/C30H28N2O6/c1-36-20-8-6-7-18(15-20)28(33)26-27(22-9-4-5-10-25(22)38-3)32(30(35)29(26)34)14-13-19-17-31-24-12-11-21(37-2)16-23(19)24/h4-12,15-17,27,31,33H,13-14H2,1-3H3/t27-/m1/s1. The molecule has 8 nitrogen and oxygen atoms in total. The predicted molar refractivity (Wildman–Crippen MR) is 144 cm³/mol. The van der Waals surface area contributed by atoms with Crippen molar-refractivity contribution in [3.63, 3.8) is 0 Å². The lowest BCUT2D eigenvalue weighted by molar-refractivity contribution is -0.139. The van der Waals surface area contributed by atoms with Gasteiger partial charge in [-0.15, -0.1) is 0 Å². The van der Waals surface area contributed by atoms with Gasteiger partial charge in [0.05, 0.1) is 32.9 Å². The number of amides is 1. The Morgan fingerprint density at radius 3 is 2.45 bits per heavy atom. The number of H-pyrrole nitrogens is 1. The molecule has 194 valence electrons. The molecule has 1 atom stereocenters. The number of carbonyl (C=O) groups excluding carboxylic acids is 2. The zero-order chi connectivity index (χ0) is 26.8. The zero-order valence-corrected chi connectivity index (χ0v) is 21.4. The molecule has 0 spiro atoms. The van der Waals surface area contributed by atoms with Crippen LogP contribution in [0.25, 0.3) is 16.7 Å². The lowest BCUT2D eigenvalue weighted by Crippen LogP contribution is -2.31. The molecule has 2 heterocycles. The minimum Gasteiger partial charge on any atom is -0.507 e. The van der Waals surface area contributed by atoms with E-state index in [2.05, 4.69) is 4.98 Å². The van der Waals surface area contributed by atoms with Crippen LogP contribution in [-0.2, 0) is 16.0 Å². The maximum absolute atomic E-state index is 13.4. The Bertz CT molecular complexity index is 1550. The van der Waals surface area contributed by atoms with Crippen molar-refractivity contribution in [2.75, 3.05) is 27.9 Å². The number of methoxy groups -OCH3 is 3. The lowest BCUT2D eigenvalue weighted by Gasteiger charge is -2.26. The molecule has 3 aromatic carbocycles. The molecule has 4 aromatic rings. The Morgan fingerprint density at radius 1 is 0.921 bits per heavy atom. The first-order valence-electron chi connectivity index (χ1n) is 12.2. The number of para-hydroxylation sites is 1. The first-order valence-corrected chi connectivity index (χ1v) is 12.2. The van der Waals surface area contributed by atoms with E-state index in [0.717, 1.165) is 22.2 Å². The molecule has 0 aliphatic carbocycles. The number of Topliss-reactive ketones (excluding diaryl/α,β-unsaturated/α-hetero) is 1. The summed E-state index contributed by atoms with van der Waals surface area (Å²) in [6, 6.07) is 18.9. The van der Waals surface area contributed by atoms with E-state index in [4.69, 9.17) is 14.2 Å². The SMILES string of the molecule is COc1cccc(C(O)=C2C(=O)C(=O)N(CCc3c[nH]c4ccc(OC)cc34)[C@@H]2c2ccccc2OC)c1. The average Bonchev–Trinajstić information content (AvgIpc) is 3.48. The van der Waals surface area contributed by atoms with Crippen LogP contribution in [0.2, 0.25) is 0 Å². The van der Waals surface area contributed by atoms with Gasteiger partial charge in [0, 0.05) is 34.8 Å². The van der Waals surface area contributed by atoms with E-state index in [-0.39, 0.29) is 17.9 Å². The Kier molecular flexibility index (Phi) is 6.79. The first-order chi connectivity index (χ1) is 18.5. The van der Waals surface area contributed by atoms with Gasteiger partial charge in [-0.1, -0.05) is 30.3 Å². The van der Waals surface area contributed by atoms with Crippen molar-refractivity contribution in [2.24, 2.45) is 0 Å². The fourth-order valence-electron chi connectivity index (χ4n) is 4.98. The van der Waals surface area contributed by atoms with Crippen molar-refractivity contribution in [3.05, 3.63) is 95.2 Å². The van der Waals surface area contributed by atoms with Gasteiger partial charge in [-0.25, -0.2) is 0 Å². The molecule has 1 amide bonds. The van der Waals surface area contributed by atoms with Crippen molar-refractivity contribution in [1.29, 1.82) is 0 Å². The Hall–Kier alpha value is -4.72. The smallest absolute Gasteiger partial charge is 0.295 e. The van der Waals surface area contributed by atoms with Gasteiger partial charge in [-0.2, -0.15) is 0 Å². The quantitative estimate of drug-likeness (QED) is 0.199. The predicted octanol–water partition coefficient (Wildman–Crippen LogP) is 4.86. The summed E-state index contributed by atoms with van der Waals surface area (Å²) in [5.74, 6) is 0.0675. The number of ether oxygens (including phenoxy) is 3. The molecule has 1 aliphatic heterocycles. The summed E-state index contributed by atoms with van der Waals surface area (Å²) in [6.45, 7) is 0.242. The van der Waals surface area contributed by atoms with Gasteiger partial charge in [0.25, 0.3) is 11.7 Å². The highest BCUT2D eigenvalue weighted by atomic mass is 16.5. The van der Waals surface area contributed by atoms with Gasteiger partial charge in [0.2, 0.25) is 0 Å². The Morgan fingerprint density at radius 2 is 1.68 bits per heavy atom. The number of ketones is 1. The fourth-order valence-corrected chi connectivity index (χ4v) is 4.98. The number of aromatic amines is 1. The number of hydrogen-bond donors (Lipinski definition) is 2. The molecular formula is C30H28N2O6. The molecule has 0 bridgehead atoms. The van der Waals surface area contributed by atoms with Crippen LogP contribution in [0.1, 0.15) is 22.7 Å². The number of hydrogen-bond acceptors (Lipinski definition) is 6. The number of carbonyl (C=O) groups is 2. The van der Waals surface area contributed by atoms with E-state index in [9.17, 15) is 14.7 Å². The molecule has 8 heteroatoms. The topological polar surface area (TPSA) is 101 Å². The number of rotatable bonds is 8. The van der Waals surface area contributed by atoms with Gasteiger partial charge in [0.15, 0.2) is 0 Å². The highest BCUT2D eigenvalue weighted by molar-refractivity contribution is 6.46. The minimum atomic E-state index is -0.836. The van der Waals surface area contributed by atoms with Gasteiger partial charge in [-0.3, -0.25) is 9.59 Å². The number of aliphatic hydroxyl groups is 1. The highest BCUT2D eigenvalue weighted by Crippen LogP contribution is 2.43. The number of fused-ring (bicyclic) bond motifs is 1. The monoisotopic (exact) mass is 512 g/mol. The summed E-state index contributed by atoms with van der Waals surface area (Å²) in [4.78, 5) is 31.6. The Labute approximate surface area is 220 Å². The molecule has 2 N–H and O–H groups in total. The van der Waals surface area contributed by atoms with E-state index in [1.54, 1.807) is 43.5 Å². The summed E-state index contributed by atoms with van der Waals surface area (Å²) in [5, 5.41) is 12.3. The number of likely N-dealkylation sites (tertiary alicyclic amines) is 1. The number of aromatic nitrogens is 1. The molecule has 1 saturated heterocycles. The van der Waals surface area contributed by atoms with E-state index >= 15 is 0 Å². The zero-order valence-electron chi connectivity index (χ0n) is 21.4. The average molecular weight is 513 g/mol. The number of benzene rings is 3. The van der Waals surface area contributed by atoms with E-state index in [1.165, 1.54) is 19.1 Å². The molecule has 0 saturated carbocycles. The normalized spacial score (nSPS) is 16.7. The van der Waals surface area contributed by atoms with Crippen molar-refractivity contribution in [2.45, 2.75) is 12.5 Å². The van der Waals surface area contributed by atoms with Crippen molar-refractivity contribution in [3.8, 4) is 17.2 Å². The number of nitrogens with one attached hydrogen (secondary N) is 1. The van der Waals surface area contributed by atoms with Crippen LogP contribution in [0.3, 0.4) is 0 Å². The Balaban J connectivity index is 1.59. The van der Waals surface area contributed by atoms with E-state index < -0.39 is 17.7 Å². The largest absolute Gasteiger partial charge is 0.507 e. The van der Waals surface area contributed by atoms with Crippen LogP contribution in [0.5, 0.6) is 17.2 Å². The third kappa shape index (κ3) is 4.34. The van der Waals surface area contributed by atoms with Crippen molar-refractivity contribution in [1.82, 2.24) is 9.88 Å². The second kappa shape index (κ2) is 10.3. The molecular weight excluding hydrogens is 484 g/mol. The van der Waals surface area contributed by atoms with Crippen LogP contribution in [0.4, 0.5) is 0 Å². The third-order valence-corrected chi connectivity index (χ3v) is 6.91. The van der Waals surface area contributed by atoms with E-state index in [1.807, 2.05) is 36.5 Å². The van der Waals surface area contributed by atoms with Gasteiger partial charge >= 0.3 is 0 Å². The van der Waals surface area contributed by atoms with Crippen LogP contribution in [-0.4, -0.2) is 54.6 Å². The van der Waals surface area contributed by atoms with Crippen molar-refractivity contribution >= 4 is 28.4 Å². The van der Waals surface area contributed by atoms with Crippen LogP contribution in [0, 0.1) is 0 Å². The highest BCUT2D eigenvalue weighted by Gasteiger charge is 2.46. The molecule has 1 aliphatic rings. The second-order valence-corrected chi connectivity index (χ2v) is 8.94. The van der Waals surface area contributed by atoms with Crippen LogP contribution < -0.4 is 14.2 Å². The van der Waals surface area contributed by atoms with Crippen LogP contribution in [0.15, 0.2) is 78.5 Å². The maximum atomic E-state index is 13.4. The summed E-state index contributed by atoms with van der Waals surface area (Å²) in [7, 11) is 4.67. The number of aliphatic hydroxyl groups excluding tert-OH is 1. The summed E-state index contributed by atoms with van der Waals surface area (Å²) in [5.41, 5.74) is 2.92. The molecule has 1 fully saturated rings. The first kappa shape index (κ1) is 25.0. The summed E-state index contributed by atoms with van der Waals surface area (Å²) < 4.78 is 16.3. The maximum Gasteiger partial charge on any atom is 0.295 e. The van der Waals surface area contributed by atoms with Crippen LogP contribution >= 0.6 is 0 Å². The molecule has 5 rings (SSSR count). The molecule has 1 aromatic heterocycles. The minimum absolute atomic E-state index is 0.00773. The molecule has 0 unspecified atom stereocenters. The lowest BCUT2D eigenvalue weighted by atomic mass is 9.94. The van der Waals surface area contributed by atoms with Gasteiger partial charge < -0.3 is 29.2 Å². The van der Waals surface area contributed by atoms with Crippen molar-refractivity contribution < 1.29 is 28.9 Å². The van der Waals surface area contributed by atoms with Gasteiger partial charge in [-0.05, 0) is 48.4 Å². The fraction of sp³-hybridized carbons (Fsp3) is 0.200. The summed E-state index contributed by atoms with van der Waals surface area (Å²) >= 11 is 0. The molecule has 0 radical (unpaired) electrons. The third-order valence-electron chi connectivity index (χ3n) is 6.91.